The lowest BCUT2D eigenvalue weighted by atomic mass is 10.1. The molecule has 0 atom stereocenters. The van der Waals surface area contributed by atoms with Crippen LogP contribution in [0.3, 0.4) is 0 Å². The molecule has 0 aliphatic rings. The van der Waals surface area contributed by atoms with Crippen molar-refractivity contribution in [1.82, 2.24) is 0 Å². The van der Waals surface area contributed by atoms with Crippen LogP contribution < -0.4 is 9.47 Å². The van der Waals surface area contributed by atoms with Crippen molar-refractivity contribution in [3.8, 4) is 11.5 Å². The number of aryl methyl sites for hydroxylation is 1. The number of aliphatic carboxylic acids is 1. The molecule has 1 N–H and O–H groups in total. The number of carboxylic acids is 1. The second-order valence-electron chi connectivity index (χ2n) is 3.65. The molecule has 0 saturated heterocycles. The molecule has 100 valence electrons. The van der Waals surface area contributed by atoms with E-state index in [2.05, 4.69) is 15.9 Å². The van der Waals surface area contributed by atoms with Crippen LogP contribution in [0.1, 0.15) is 18.4 Å². The average Bonchev–Trinajstić information content (AvgIpc) is 2.32. The van der Waals surface area contributed by atoms with E-state index in [4.69, 9.17) is 14.6 Å². The van der Waals surface area contributed by atoms with E-state index in [-0.39, 0.29) is 16.6 Å². The number of carbonyl (C=O) groups is 1. The Kier molecular flexibility index (Phi) is 5.40. The van der Waals surface area contributed by atoms with Crippen LogP contribution in [0.25, 0.3) is 0 Å². The zero-order valence-corrected chi connectivity index (χ0v) is 11.7. The van der Waals surface area contributed by atoms with Crippen LogP contribution in [-0.4, -0.2) is 25.3 Å². The van der Waals surface area contributed by atoms with Gasteiger partial charge in [0.1, 0.15) is 0 Å². The summed E-state index contributed by atoms with van der Waals surface area (Å²) >= 11 is 3.10. The van der Waals surface area contributed by atoms with Crippen molar-refractivity contribution >= 4 is 21.9 Å². The van der Waals surface area contributed by atoms with Crippen LogP contribution >= 0.6 is 15.9 Å². The molecule has 0 aliphatic carbocycles. The van der Waals surface area contributed by atoms with E-state index < -0.39 is 11.8 Å². The maximum Gasteiger partial charge on any atom is 0.303 e. The van der Waals surface area contributed by atoms with Gasteiger partial charge in [-0.3, -0.25) is 4.79 Å². The minimum Gasteiger partial charge on any atom is -0.492 e. The molecule has 1 rings (SSSR count). The van der Waals surface area contributed by atoms with Gasteiger partial charge in [0.2, 0.25) is 0 Å². The fraction of sp³-hybridized carbons (Fsp3) is 0.417. The summed E-state index contributed by atoms with van der Waals surface area (Å²) in [7, 11) is 2.78. The van der Waals surface area contributed by atoms with Crippen molar-refractivity contribution < 1.29 is 23.8 Å². The number of benzene rings is 1. The summed E-state index contributed by atoms with van der Waals surface area (Å²) < 4.78 is 24.1. The molecule has 0 unspecified atom stereocenters. The van der Waals surface area contributed by atoms with Gasteiger partial charge in [-0.15, -0.1) is 0 Å². The van der Waals surface area contributed by atoms with E-state index in [0.29, 0.717) is 24.2 Å². The van der Waals surface area contributed by atoms with E-state index in [1.165, 1.54) is 14.2 Å². The molecule has 0 fully saturated rings. The van der Waals surface area contributed by atoms with E-state index in [1.54, 1.807) is 6.07 Å². The predicted molar refractivity (Wildman–Crippen MR) is 67.8 cm³/mol. The summed E-state index contributed by atoms with van der Waals surface area (Å²) in [5.74, 6) is -1.06. The molecule has 0 heterocycles. The Hall–Kier alpha value is -1.30. The van der Waals surface area contributed by atoms with Gasteiger partial charge < -0.3 is 14.6 Å². The first-order valence-corrected chi connectivity index (χ1v) is 6.11. The van der Waals surface area contributed by atoms with E-state index >= 15 is 0 Å². The van der Waals surface area contributed by atoms with Crippen LogP contribution in [0, 0.1) is 5.82 Å². The molecule has 4 nitrogen and oxygen atoms in total. The van der Waals surface area contributed by atoms with Gasteiger partial charge in [-0.25, -0.2) is 4.39 Å². The predicted octanol–water partition coefficient (Wildman–Crippen LogP) is 3.01. The Morgan fingerprint density at radius 1 is 1.39 bits per heavy atom. The Balaban J connectivity index is 3.03. The van der Waals surface area contributed by atoms with E-state index in [0.717, 1.165) is 0 Å². The summed E-state index contributed by atoms with van der Waals surface area (Å²) in [6.45, 7) is 0. The smallest absolute Gasteiger partial charge is 0.303 e. The van der Waals surface area contributed by atoms with Crippen LogP contribution in [-0.2, 0) is 11.2 Å². The first-order chi connectivity index (χ1) is 8.51. The summed E-state index contributed by atoms with van der Waals surface area (Å²) in [6.07, 6.45) is 0.984. The van der Waals surface area contributed by atoms with Gasteiger partial charge in [-0.1, -0.05) is 0 Å². The summed E-state index contributed by atoms with van der Waals surface area (Å²) in [5, 5.41) is 8.59. The van der Waals surface area contributed by atoms with Gasteiger partial charge in [0, 0.05) is 6.42 Å². The minimum absolute atomic E-state index is 0.0252. The monoisotopic (exact) mass is 320 g/mol. The average molecular weight is 321 g/mol. The molecule has 0 spiro atoms. The van der Waals surface area contributed by atoms with Gasteiger partial charge >= 0.3 is 5.97 Å². The van der Waals surface area contributed by atoms with Gasteiger partial charge in [-0.2, -0.15) is 0 Å². The topological polar surface area (TPSA) is 55.8 Å². The lowest BCUT2D eigenvalue weighted by Gasteiger charge is -2.14. The summed E-state index contributed by atoms with van der Waals surface area (Å²) in [4.78, 5) is 10.5. The first-order valence-electron chi connectivity index (χ1n) is 5.31. The van der Waals surface area contributed by atoms with Crippen LogP contribution in [0.4, 0.5) is 4.39 Å². The number of halogens is 2. The van der Waals surface area contributed by atoms with Crippen LogP contribution in [0.2, 0.25) is 0 Å². The molecular formula is C12H14BrFO4. The molecule has 6 heteroatoms. The third-order valence-corrected chi connectivity index (χ3v) is 3.03. The Morgan fingerprint density at radius 2 is 2.00 bits per heavy atom. The number of carboxylic acid groups (broad SMARTS) is 1. The number of hydrogen-bond acceptors (Lipinski definition) is 3. The highest BCUT2D eigenvalue weighted by Gasteiger charge is 2.18. The third-order valence-electron chi connectivity index (χ3n) is 2.45. The highest BCUT2D eigenvalue weighted by Crippen LogP contribution is 2.38. The van der Waals surface area contributed by atoms with Crippen molar-refractivity contribution in [2.45, 2.75) is 19.3 Å². The number of methoxy groups -OCH3 is 2. The van der Waals surface area contributed by atoms with E-state index in [1.807, 2.05) is 0 Å². The summed E-state index contributed by atoms with van der Waals surface area (Å²) in [5.41, 5.74) is 0.712. The van der Waals surface area contributed by atoms with Gasteiger partial charge in [0.25, 0.3) is 0 Å². The Morgan fingerprint density at radius 3 is 2.50 bits per heavy atom. The normalized spacial score (nSPS) is 10.2. The molecule has 0 aromatic heterocycles. The fourth-order valence-electron chi connectivity index (χ4n) is 1.66. The van der Waals surface area contributed by atoms with Crippen LogP contribution in [0.5, 0.6) is 11.5 Å². The van der Waals surface area contributed by atoms with Gasteiger partial charge in [0.15, 0.2) is 17.3 Å². The Bertz CT molecular complexity index is 448. The summed E-state index contributed by atoms with van der Waals surface area (Å²) in [6, 6.07) is 1.58. The molecule has 1 aromatic rings. The molecule has 0 saturated carbocycles. The number of hydrogen-bond donors (Lipinski definition) is 1. The standard InChI is InChI=1S/C12H14BrFO4/c1-17-11-7(4-3-5-9(15)16)6-8(13)10(14)12(11)18-2/h6H,3-5H2,1-2H3,(H,15,16). The fourth-order valence-corrected chi connectivity index (χ4v) is 2.11. The third kappa shape index (κ3) is 3.35. The van der Waals surface area contributed by atoms with Gasteiger partial charge in [-0.05, 0) is 40.4 Å². The van der Waals surface area contributed by atoms with Crippen molar-refractivity contribution in [2.75, 3.05) is 14.2 Å². The van der Waals surface area contributed by atoms with Crippen molar-refractivity contribution in [2.24, 2.45) is 0 Å². The quantitative estimate of drug-likeness (QED) is 0.875. The second-order valence-corrected chi connectivity index (χ2v) is 4.50. The number of rotatable bonds is 6. The van der Waals surface area contributed by atoms with Crippen molar-refractivity contribution in [1.29, 1.82) is 0 Å². The zero-order valence-electron chi connectivity index (χ0n) is 10.1. The lowest BCUT2D eigenvalue weighted by Crippen LogP contribution is -2.01. The van der Waals surface area contributed by atoms with E-state index in [9.17, 15) is 9.18 Å². The largest absolute Gasteiger partial charge is 0.492 e. The maximum atomic E-state index is 13.7. The molecular weight excluding hydrogens is 307 g/mol. The van der Waals surface area contributed by atoms with Gasteiger partial charge in [0.05, 0.1) is 18.7 Å². The van der Waals surface area contributed by atoms with Crippen LogP contribution in [0.15, 0.2) is 10.5 Å². The highest BCUT2D eigenvalue weighted by atomic mass is 79.9. The number of ether oxygens (including phenoxy) is 2. The van der Waals surface area contributed by atoms with Crippen molar-refractivity contribution in [3.05, 3.63) is 21.9 Å². The second kappa shape index (κ2) is 6.58. The molecule has 0 aliphatic heterocycles. The highest BCUT2D eigenvalue weighted by molar-refractivity contribution is 9.10. The molecule has 0 radical (unpaired) electrons. The minimum atomic E-state index is -0.859. The van der Waals surface area contributed by atoms with Crippen molar-refractivity contribution in [3.63, 3.8) is 0 Å². The molecule has 0 amide bonds. The first kappa shape index (κ1) is 14.8. The maximum absolute atomic E-state index is 13.7. The molecule has 18 heavy (non-hydrogen) atoms. The Labute approximate surface area is 113 Å². The molecule has 0 bridgehead atoms. The zero-order chi connectivity index (χ0) is 13.7. The molecule has 1 aromatic carbocycles. The lowest BCUT2D eigenvalue weighted by molar-refractivity contribution is -0.137. The SMILES string of the molecule is COc1c(CCCC(=O)O)cc(Br)c(F)c1OC.